The topological polar surface area (TPSA) is 68.3 Å². The molecule has 3 aromatic rings. The molecule has 0 fully saturated rings. The zero-order chi connectivity index (χ0) is 16.2. The normalized spacial score (nSPS) is 10.8. The van der Waals surface area contributed by atoms with Crippen LogP contribution in [0.2, 0.25) is 0 Å². The molecule has 0 spiro atoms. The maximum Gasteiger partial charge on any atom is 0.305 e. The second kappa shape index (κ2) is 6.75. The van der Waals surface area contributed by atoms with Crippen molar-refractivity contribution in [3.05, 3.63) is 42.2 Å². The number of carbonyl (C=O) groups is 2. The van der Waals surface area contributed by atoms with Crippen LogP contribution in [0.3, 0.4) is 0 Å². The number of carbonyl (C=O) groups excluding carboxylic acids is 2. The third kappa shape index (κ3) is 3.32. The van der Waals surface area contributed by atoms with Gasteiger partial charge in [-0.1, -0.05) is 18.2 Å². The van der Waals surface area contributed by atoms with E-state index in [0.717, 1.165) is 15.5 Å². The van der Waals surface area contributed by atoms with Crippen LogP contribution in [-0.2, 0) is 9.53 Å². The van der Waals surface area contributed by atoms with Crippen molar-refractivity contribution in [1.29, 1.82) is 0 Å². The number of aromatic nitrogens is 1. The number of amides is 1. The highest BCUT2D eigenvalue weighted by Gasteiger charge is 2.11. The Balaban J connectivity index is 1.73. The smallest absolute Gasteiger partial charge is 0.305 e. The van der Waals surface area contributed by atoms with Crippen molar-refractivity contribution < 1.29 is 14.3 Å². The Morgan fingerprint density at radius 2 is 2.04 bits per heavy atom. The number of ether oxygens (including phenoxy) is 1. The minimum absolute atomic E-state index is 0.230. The van der Waals surface area contributed by atoms with Crippen molar-refractivity contribution in [3.8, 4) is 0 Å². The first kappa shape index (κ1) is 15.4. The molecule has 0 aliphatic heterocycles. The Morgan fingerprint density at radius 3 is 2.87 bits per heavy atom. The molecule has 1 N–H and O–H groups in total. The number of pyridine rings is 1. The van der Waals surface area contributed by atoms with Crippen molar-refractivity contribution in [3.63, 3.8) is 0 Å². The van der Waals surface area contributed by atoms with Gasteiger partial charge in [0.25, 0.3) is 5.91 Å². The number of methoxy groups -OCH3 is 1. The van der Waals surface area contributed by atoms with Gasteiger partial charge in [-0.2, -0.15) is 0 Å². The highest BCUT2D eigenvalue weighted by molar-refractivity contribution is 7.25. The van der Waals surface area contributed by atoms with Gasteiger partial charge in [-0.05, 0) is 18.6 Å². The molecule has 0 radical (unpaired) electrons. The summed E-state index contributed by atoms with van der Waals surface area (Å²) in [6.07, 6.45) is 2.57. The molecule has 3 rings (SSSR count). The molecule has 118 valence electrons. The molecular weight excluding hydrogens is 312 g/mol. The van der Waals surface area contributed by atoms with E-state index in [1.54, 1.807) is 17.5 Å². The van der Waals surface area contributed by atoms with Crippen LogP contribution in [0.25, 0.3) is 20.2 Å². The van der Waals surface area contributed by atoms with Crippen LogP contribution >= 0.6 is 11.3 Å². The molecule has 5 nitrogen and oxygen atoms in total. The fourth-order valence-corrected chi connectivity index (χ4v) is 3.44. The SMILES string of the molecule is COC(=O)CCCNC(=O)c1cc2c(cn1)sc1ccccc12. The first-order valence-corrected chi connectivity index (χ1v) is 8.13. The molecule has 2 aromatic heterocycles. The van der Waals surface area contributed by atoms with E-state index in [2.05, 4.69) is 21.1 Å². The molecule has 0 bridgehead atoms. The maximum atomic E-state index is 12.2. The zero-order valence-corrected chi connectivity index (χ0v) is 13.5. The van der Waals surface area contributed by atoms with Gasteiger partial charge in [0.05, 0.1) is 11.8 Å². The number of thiophene rings is 1. The van der Waals surface area contributed by atoms with E-state index < -0.39 is 0 Å². The average Bonchev–Trinajstić information content (AvgIpc) is 2.96. The Kier molecular flexibility index (Phi) is 4.52. The monoisotopic (exact) mass is 328 g/mol. The molecule has 0 saturated heterocycles. The number of hydrogen-bond acceptors (Lipinski definition) is 5. The van der Waals surface area contributed by atoms with Crippen molar-refractivity contribution in [1.82, 2.24) is 10.3 Å². The lowest BCUT2D eigenvalue weighted by molar-refractivity contribution is -0.140. The highest BCUT2D eigenvalue weighted by atomic mass is 32.1. The number of hydrogen-bond donors (Lipinski definition) is 1. The summed E-state index contributed by atoms with van der Waals surface area (Å²) in [6.45, 7) is 0.415. The van der Waals surface area contributed by atoms with E-state index >= 15 is 0 Å². The number of rotatable bonds is 5. The number of esters is 1. The van der Waals surface area contributed by atoms with Crippen LogP contribution < -0.4 is 5.32 Å². The third-order valence-corrected chi connectivity index (χ3v) is 4.69. The summed E-state index contributed by atoms with van der Waals surface area (Å²) in [6, 6.07) is 9.92. The molecular formula is C17H16N2O3S. The van der Waals surface area contributed by atoms with Crippen molar-refractivity contribution in [2.45, 2.75) is 12.8 Å². The van der Waals surface area contributed by atoms with Gasteiger partial charge >= 0.3 is 5.97 Å². The van der Waals surface area contributed by atoms with Crippen LogP contribution in [0.15, 0.2) is 36.5 Å². The van der Waals surface area contributed by atoms with Crippen LogP contribution in [0.4, 0.5) is 0 Å². The molecule has 23 heavy (non-hydrogen) atoms. The Hall–Kier alpha value is -2.47. The molecule has 0 unspecified atom stereocenters. The molecule has 6 heteroatoms. The highest BCUT2D eigenvalue weighted by Crippen LogP contribution is 2.33. The van der Waals surface area contributed by atoms with E-state index in [9.17, 15) is 9.59 Å². The van der Waals surface area contributed by atoms with Crippen molar-refractivity contribution in [2.75, 3.05) is 13.7 Å². The maximum absolute atomic E-state index is 12.2. The number of benzene rings is 1. The predicted molar refractivity (Wildman–Crippen MR) is 90.7 cm³/mol. The largest absolute Gasteiger partial charge is 0.469 e. The van der Waals surface area contributed by atoms with E-state index in [1.165, 1.54) is 11.8 Å². The summed E-state index contributed by atoms with van der Waals surface area (Å²) in [4.78, 5) is 27.4. The summed E-state index contributed by atoms with van der Waals surface area (Å²) in [7, 11) is 1.35. The molecule has 2 heterocycles. The van der Waals surface area contributed by atoms with E-state index in [0.29, 0.717) is 25.1 Å². The summed E-state index contributed by atoms with van der Waals surface area (Å²) >= 11 is 1.66. The standard InChI is InChI=1S/C17H16N2O3S/c1-22-16(20)7-4-8-18-17(21)13-9-12-11-5-2-3-6-14(11)23-15(12)10-19-13/h2-3,5-6,9-10H,4,7-8H2,1H3,(H,18,21). The minimum atomic E-state index is -0.275. The van der Waals surface area contributed by atoms with Gasteiger partial charge in [0.1, 0.15) is 5.69 Å². The van der Waals surface area contributed by atoms with Gasteiger partial charge in [-0.15, -0.1) is 11.3 Å². The number of fused-ring (bicyclic) bond motifs is 3. The fourth-order valence-electron chi connectivity index (χ4n) is 2.38. The zero-order valence-electron chi connectivity index (χ0n) is 12.7. The average molecular weight is 328 g/mol. The third-order valence-electron chi connectivity index (χ3n) is 3.57. The Labute approximate surface area is 137 Å². The lowest BCUT2D eigenvalue weighted by atomic mass is 10.1. The van der Waals surface area contributed by atoms with Crippen molar-refractivity contribution >= 4 is 43.4 Å². The molecule has 0 saturated carbocycles. The van der Waals surface area contributed by atoms with Crippen LogP contribution in [-0.4, -0.2) is 30.5 Å². The molecule has 1 amide bonds. The number of nitrogens with one attached hydrogen (secondary N) is 1. The quantitative estimate of drug-likeness (QED) is 0.577. The summed E-state index contributed by atoms with van der Waals surface area (Å²) in [5, 5.41) is 4.95. The van der Waals surface area contributed by atoms with E-state index in [-0.39, 0.29) is 11.9 Å². The van der Waals surface area contributed by atoms with Crippen LogP contribution in [0.1, 0.15) is 23.3 Å². The summed E-state index contributed by atoms with van der Waals surface area (Å²) in [5.41, 5.74) is 0.388. The molecule has 0 aliphatic rings. The van der Waals surface area contributed by atoms with E-state index in [1.807, 2.05) is 24.3 Å². The van der Waals surface area contributed by atoms with Gasteiger partial charge in [-0.3, -0.25) is 9.59 Å². The summed E-state index contributed by atoms with van der Waals surface area (Å²) in [5.74, 6) is -0.504. The molecule has 1 aromatic carbocycles. The van der Waals surface area contributed by atoms with Gasteiger partial charge in [0.15, 0.2) is 0 Å². The van der Waals surface area contributed by atoms with Gasteiger partial charge in [0, 0.05) is 34.6 Å². The Morgan fingerprint density at radius 1 is 1.22 bits per heavy atom. The van der Waals surface area contributed by atoms with Crippen molar-refractivity contribution in [2.24, 2.45) is 0 Å². The summed E-state index contributed by atoms with van der Waals surface area (Å²) < 4.78 is 6.80. The van der Waals surface area contributed by atoms with E-state index in [4.69, 9.17) is 0 Å². The second-order valence-corrected chi connectivity index (χ2v) is 6.18. The van der Waals surface area contributed by atoms with Crippen LogP contribution in [0, 0.1) is 0 Å². The minimum Gasteiger partial charge on any atom is -0.469 e. The van der Waals surface area contributed by atoms with Gasteiger partial charge in [0.2, 0.25) is 0 Å². The first-order chi connectivity index (χ1) is 11.2. The van der Waals surface area contributed by atoms with Crippen LogP contribution in [0.5, 0.6) is 0 Å². The lowest BCUT2D eigenvalue weighted by Crippen LogP contribution is -2.25. The second-order valence-electron chi connectivity index (χ2n) is 5.10. The predicted octanol–water partition coefficient (Wildman–Crippen LogP) is 3.13. The lowest BCUT2D eigenvalue weighted by Gasteiger charge is -2.04. The Bertz CT molecular complexity index is 873. The van der Waals surface area contributed by atoms with Gasteiger partial charge < -0.3 is 10.1 Å². The molecule has 0 atom stereocenters. The molecule has 0 aliphatic carbocycles. The number of nitrogens with zero attached hydrogens (tertiary/aromatic N) is 1. The fraction of sp³-hybridized carbons (Fsp3) is 0.235. The van der Waals surface area contributed by atoms with Gasteiger partial charge in [-0.25, -0.2) is 4.98 Å². The first-order valence-electron chi connectivity index (χ1n) is 7.31.